The van der Waals surface area contributed by atoms with Gasteiger partial charge in [0.05, 0.1) is 5.56 Å². The molecule has 122 valence electrons. The number of hydrogen-bond acceptors (Lipinski definition) is 4. The van der Waals surface area contributed by atoms with Crippen LogP contribution in [-0.2, 0) is 6.42 Å². The van der Waals surface area contributed by atoms with Gasteiger partial charge in [0, 0.05) is 18.5 Å². The van der Waals surface area contributed by atoms with Gasteiger partial charge in [0.1, 0.15) is 5.82 Å². The molecule has 2 aromatic carbocycles. The van der Waals surface area contributed by atoms with Crippen molar-refractivity contribution < 1.29 is 13.6 Å². The maximum absolute atomic E-state index is 13.7. The summed E-state index contributed by atoms with van der Waals surface area (Å²) in [6.45, 7) is 2.28. The van der Waals surface area contributed by atoms with Gasteiger partial charge in [-0.1, -0.05) is 29.8 Å². The molecule has 0 radical (unpaired) electrons. The fourth-order valence-corrected chi connectivity index (χ4v) is 2.27. The van der Waals surface area contributed by atoms with Gasteiger partial charge in [-0.3, -0.25) is 4.79 Å². The maximum atomic E-state index is 13.7. The zero-order chi connectivity index (χ0) is 16.9. The average molecular weight is 325 g/mol. The van der Waals surface area contributed by atoms with Gasteiger partial charge in [0.2, 0.25) is 5.89 Å². The summed E-state index contributed by atoms with van der Waals surface area (Å²) in [5.41, 5.74) is 1.89. The fraction of sp³-hybridized carbons (Fsp3) is 0.167. The molecule has 0 aliphatic rings. The molecule has 5 nitrogen and oxygen atoms in total. The molecule has 3 rings (SSSR count). The number of amides is 1. The van der Waals surface area contributed by atoms with Crippen LogP contribution in [0.25, 0.3) is 11.5 Å². The lowest BCUT2D eigenvalue weighted by Gasteiger charge is -2.04. The lowest BCUT2D eigenvalue weighted by atomic mass is 10.1. The second-order valence-electron chi connectivity index (χ2n) is 5.36. The van der Waals surface area contributed by atoms with Crippen molar-refractivity contribution in [3.8, 4) is 11.5 Å². The maximum Gasteiger partial charge on any atom is 0.251 e. The SMILES string of the molecule is Cc1cccc(C(=O)NCCc2nnc(-c3ccccc3F)o2)c1. The Morgan fingerprint density at radius 2 is 2.00 bits per heavy atom. The van der Waals surface area contributed by atoms with Crippen molar-refractivity contribution in [3.05, 3.63) is 71.4 Å². The normalized spacial score (nSPS) is 10.6. The smallest absolute Gasteiger partial charge is 0.251 e. The van der Waals surface area contributed by atoms with Crippen LogP contribution in [0.5, 0.6) is 0 Å². The minimum absolute atomic E-state index is 0.133. The van der Waals surface area contributed by atoms with Crippen molar-refractivity contribution in [2.75, 3.05) is 6.54 Å². The molecule has 1 heterocycles. The number of nitrogens with one attached hydrogen (secondary N) is 1. The van der Waals surface area contributed by atoms with Crippen LogP contribution in [0, 0.1) is 12.7 Å². The van der Waals surface area contributed by atoms with Crippen LogP contribution in [0.1, 0.15) is 21.8 Å². The Labute approximate surface area is 138 Å². The van der Waals surface area contributed by atoms with Gasteiger partial charge >= 0.3 is 0 Å². The van der Waals surface area contributed by atoms with Crippen molar-refractivity contribution in [1.82, 2.24) is 15.5 Å². The Morgan fingerprint density at radius 3 is 2.79 bits per heavy atom. The topological polar surface area (TPSA) is 68.0 Å². The summed E-state index contributed by atoms with van der Waals surface area (Å²) in [5.74, 6) is -0.0982. The summed E-state index contributed by atoms with van der Waals surface area (Å²) < 4.78 is 19.1. The summed E-state index contributed by atoms with van der Waals surface area (Å²) in [7, 11) is 0. The number of aromatic nitrogens is 2. The van der Waals surface area contributed by atoms with E-state index in [1.807, 2.05) is 25.1 Å². The number of benzene rings is 2. The first-order chi connectivity index (χ1) is 11.6. The van der Waals surface area contributed by atoms with Crippen molar-refractivity contribution in [3.63, 3.8) is 0 Å². The number of rotatable bonds is 5. The molecule has 0 unspecified atom stereocenters. The molecule has 0 spiro atoms. The van der Waals surface area contributed by atoms with Crippen molar-refractivity contribution in [2.45, 2.75) is 13.3 Å². The predicted octanol–water partition coefficient (Wildman–Crippen LogP) is 3.16. The second kappa shape index (κ2) is 7.04. The highest BCUT2D eigenvalue weighted by Crippen LogP contribution is 2.20. The van der Waals surface area contributed by atoms with Gasteiger partial charge in [-0.05, 0) is 31.2 Å². The summed E-state index contributed by atoms with van der Waals surface area (Å²) in [6.07, 6.45) is 0.374. The monoisotopic (exact) mass is 325 g/mol. The van der Waals surface area contributed by atoms with Gasteiger partial charge in [-0.25, -0.2) is 4.39 Å². The second-order valence-corrected chi connectivity index (χ2v) is 5.36. The van der Waals surface area contributed by atoms with E-state index in [0.29, 0.717) is 24.4 Å². The number of nitrogens with zero attached hydrogens (tertiary/aromatic N) is 2. The largest absolute Gasteiger partial charge is 0.421 e. The Balaban J connectivity index is 1.58. The number of carbonyl (C=O) groups is 1. The third-order valence-electron chi connectivity index (χ3n) is 3.48. The molecule has 1 N–H and O–H groups in total. The number of aryl methyl sites for hydroxylation is 1. The van der Waals surface area contributed by atoms with Crippen molar-refractivity contribution >= 4 is 5.91 Å². The molecule has 0 bridgehead atoms. The molecule has 24 heavy (non-hydrogen) atoms. The van der Waals surface area contributed by atoms with Gasteiger partial charge in [0.15, 0.2) is 0 Å². The first-order valence-electron chi connectivity index (χ1n) is 7.55. The summed E-state index contributed by atoms with van der Waals surface area (Å²) >= 11 is 0. The van der Waals surface area contributed by atoms with E-state index in [9.17, 15) is 9.18 Å². The van der Waals surface area contributed by atoms with E-state index >= 15 is 0 Å². The fourth-order valence-electron chi connectivity index (χ4n) is 2.27. The summed E-state index contributed by atoms with van der Waals surface area (Å²) in [4.78, 5) is 12.0. The standard InChI is InChI=1S/C18H16FN3O2/c1-12-5-4-6-13(11-12)17(23)20-10-9-16-21-22-18(24-16)14-7-2-3-8-15(14)19/h2-8,11H,9-10H2,1H3,(H,20,23). The van der Waals surface area contributed by atoms with E-state index in [1.54, 1.807) is 24.3 Å². The molecule has 0 saturated heterocycles. The molecule has 0 atom stereocenters. The van der Waals surface area contributed by atoms with Crippen LogP contribution in [0.3, 0.4) is 0 Å². The quantitative estimate of drug-likeness (QED) is 0.782. The van der Waals surface area contributed by atoms with Gasteiger partial charge in [-0.15, -0.1) is 10.2 Å². The molecule has 0 saturated carbocycles. The first kappa shape index (κ1) is 15.9. The van der Waals surface area contributed by atoms with Gasteiger partial charge in [-0.2, -0.15) is 0 Å². The van der Waals surface area contributed by atoms with Crippen molar-refractivity contribution in [2.24, 2.45) is 0 Å². The predicted molar refractivity (Wildman–Crippen MR) is 86.9 cm³/mol. The molecule has 1 amide bonds. The van der Waals surface area contributed by atoms with Crippen molar-refractivity contribution in [1.29, 1.82) is 0 Å². The van der Waals surface area contributed by atoms with Crippen LogP contribution in [-0.4, -0.2) is 22.6 Å². The van der Waals surface area contributed by atoms with Crippen LogP contribution in [0.4, 0.5) is 4.39 Å². The number of carbonyl (C=O) groups excluding carboxylic acids is 1. The third-order valence-corrected chi connectivity index (χ3v) is 3.48. The lowest BCUT2D eigenvalue weighted by molar-refractivity contribution is 0.0953. The van der Waals surface area contributed by atoms with Crippen LogP contribution < -0.4 is 5.32 Å². The number of halogens is 1. The van der Waals surface area contributed by atoms with Crippen LogP contribution >= 0.6 is 0 Å². The van der Waals surface area contributed by atoms with E-state index in [4.69, 9.17) is 4.42 Å². The Bertz CT molecular complexity index is 861. The molecule has 0 fully saturated rings. The molecule has 0 aliphatic carbocycles. The highest BCUT2D eigenvalue weighted by atomic mass is 19.1. The third kappa shape index (κ3) is 3.65. The van der Waals surface area contributed by atoms with E-state index in [-0.39, 0.29) is 17.4 Å². The van der Waals surface area contributed by atoms with E-state index in [1.165, 1.54) is 6.07 Å². The highest BCUT2D eigenvalue weighted by molar-refractivity contribution is 5.94. The Hall–Kier alpha value is -3.02. The lowest BCUT2D eigenvalue weighted by Crippen LogP contribution is -2.25. The van der Waals surface area contributed by atoms with Gasteiger partial charge < -0.3 is 9.73 Å². The molecule has 1 aromatic heterocycles. The van der Waals surface area contributed by atoms with E-state index in [2.05, 4.69) is 15.5 Å². The number of hydrogen-bond donors (Lipinski definition) is 1. The zero-order valence-electron chi connectivity index (χ0n) is 13.1. The molecule has 3 aromatic rings. The summed E-state index contributed by atoms with van der Waals surface area (Å²) in [5, 5.41) is 10.5. The average Bonchev–Trinajstić information content (AvgIpc) is 3.04. The molecule has 0 aliphatic heterocycles. The minimum atomic E-state index is -0.416. The summed E-state index contributed by atoms with van der Waals surface area (Å²) in [6, 6.07) is 13.5. The van der Waals surface area contributed by atoms with E-state index < -0.39 is 5.82 Å². The van der Waals surface area contributed by atoms with Crippen LogP contribution in [0.2, 0.25) is 0 Å². The Morgan fingerprint density at radius 1 is 1.17 bits per heavy atom. The minimum Gasteiger partial charge on any atom is -0.421 e. The molecule has 6 heteroatoms. The van der Waals surface area contributed by atoms with Gasteiger partial charge in [0.25, 0.3) is 11.8 Å². The van der Waals surface area contributed by atoms with Crippen LogP contribution in [0.15, 0.2) is 52.9 Å². The Kier molecular flexibility index (Phi) is 4.65. The zero-order valence-corrected chi connectivity index (χ0v) is 13.1. The molecular formula is C18H16FN3O2. The highest BCUT2D eigenvalue weighted by Gasteiger charge is 2.12. The first-order valence-corrected chi connectivity index (χ1v) is 7.55. The molecular weight excluding hydrogens is 309 g/mol. The van der Waals surface area contributed by atoms with E-state index in [0.717, 1.165) is 5.56 Å².